The molecule has 0 saturated carbocycles. The van der Waals surface area contributed by atoms with E-state index >= 15 is 0 Å². The zero-order valence-electron chi connectivity index (χ0n) is 13.9. The number of carboxylic acid groups (broad SMARTS) is 1. The lowest BCUT2D eigenvalue weighted by atomic mass is 10.2. The molecule has 2 rings (SSSR count). The van der Waals surface area contributed by atoms with E-state index in [1.165, 1.54) is 11.3 Å². The van der Waals surface area contributed by atoms with Gasteiger partial charge < -0.3 is 10.0 Å². The van der Waals surface area contributed by atoms with E-state index in [0.717, 1.165) is 16.3 Å². The summed E-state index contributed by atoms with van der Waals surface area (Å²) in [5.74, 6) is -0.676. The number of rotatable bonds is 8. The maximum atomic E-state index is 12.5. The first-order chi connectivity index (χ1) is 11.5. The van der Waals surface area contributed by atoms with Gasteiger partial charge in [0.25, 0.3) is 0 Å². The van der Waals surface area contributed by atoms with Crippen molar-refractivity contribution >= 4 is 23.2 Å². The molecule has 0 spiro atoms. The Balaban J connectivity index is 2.03. The van der Waals surface area contributed by atoms with Crippen molar-refractivity contribution in [2.45, 2.75) is 26.7 Å². The van der Waals surface area contributed by atoms with E-state index in [-0.39, 0.29) is 31.2 Å². The molecule has 1 N–H and O–H groups in total. The number of carbonyl (C=O) groups is 2. The topological polar surface area (TPSA) is 70.5 Å². The summed E-state index contributed by atoms with van der Waals surface area (Å²) in [4.78, 5) is 29.4. The highest BCUT2D eigenvalue weighted by Crippen LogP contribution is 2.23. The van der Waals surface area contributed by atoms with Crippen LogP contribution in [-0.4, -0.2) is 40.0 Å². The maximum absolute atomic E-state index is 12.5. The van der Waals surface area contributed by atoms with E-state index in [9.17, 15) is 9.59 Å². The lowest BCUT2D eigenvalue weighted by Gasteiger charge is -2.23. The van der Waals surface area contributed by atoms with E-state index in [1.807, 2.05) is 49.6 Å². The van der Waals surface area contributed by atoms with Crippen LogP contribution in [0.1, 0.15) is 26.0 Å². The molecule has 0 aliphatic rings. The third kappa shape index (κ3) is 5.45. The zero-order valence-corrected chi connectivity index (χ0v) is 14.8. The highest BCUT2D eigenvalue weighted by atomic mass is 32.1. The van der Waals surface area contributed by atoms with Crippen molar-refractivity contribution in [1.82, 2.24) is 9.88 Å². The molecule has 128 valence electrons. The van der Waals surface area contributed by atoms with Crippen molar-refractivity contribution in [2.75, 3.05) is 13.1 Å². The van der Waals surface area contributed by atoms with Crippen LogP contribution < -0.4 is 0 Å². The van der Waals surface area contributed by atoms with Gasteiger partial charge in [0.1, 0.15) is 5.01 Å². The standard InChI is InChI=1S/C18H22N2O3S/c1-13(2)11-20(9-8-17(22)23)16(21)10-15-12-24-18(19-15)14-6-4-3-5-7-14/h3-7,12-13H,8-11H2,1-2H3,(H,22,23). The minimum Gasteiger partial charge on any atom is -0.481 e. The van der Waals surface area contributed by atoms with Crippen LogP contribution in [0.3, 0.4) is 0 Å². The van der Waals surface area contributed by atoms with E-state index in [1.54, 1.807) is 4.90 Å². The van der Waals surface area contributed by atoms with Crippen molar-refractivity contribution < 1.29 is 14.7 Å². The number of carboxylic acids is 1. The summed E-state index contributed by atoms with van der Waals surface area (Å²) in [6.07, 6.45) is 0.167. The Bertz CT molecular complexity index is 683. The number of nitrogens with zero attached hydrogens (tertiary/aromatic N) is 2. The molecule has 0 saturated heterocycles. The first-order valence-corrected chi connectivity index (χ1v) is 8.83. The maximum Gasteiger partial charge on any atom is 0.305 e. The second kappa shape index (κ2) is 8.59. The number of thiazole rings is 1. The number of amides is 1. The Morgan fingerprint density at radius 3 is 2.58 bits per heavy atom. The summed E-state index contributed by atoms with van der Waals surface area (Å²) in [6.45, 7) is 4.82. The van der Waals surface area contributed by atoms with E-state index in [4.69, 9.17) is 5.11 Å². The van der Waals surface area contributed by atoms with Crippen LogP contribution in [0.2, 0.25) is 0 Å². The number of carbonyl (C=O) groups excluding carboxylic acids is 1. The molecule has 0 fully saturated rings. The summed E-state index contributed by atoms with van der Waals surface area (Å²) in [7, 11) is 0. The summed E-state index contributed by atoms with van der Waals surface area (Å²) >= 11 is 1.51. The molecule has 0 atom stereocenters. The third-order valence-electron chi connectivity index (χ3n) is 3.44. The number of hydrogen-bond acceptors (Lipinski definition) is 4. The second-order valence-electron chi connectivity index (χ2n) is 6.06. The molecule has 0 aliphatic heterocycles. The number of aliphatic carboxylic acids is 1. The molecule has 1 amide bonds. The van der Waals surface area contributed by atoms with Crippen LogP contribution in [0.5, 0.6) is 0 Å². The van der Waals surface area contributed by atoms with Crippen molar-refractivity contribution in [2.24, 2.45) is 5.92 Å². The average molecular weight is 346 g/mol. The Morgan fingerprint density at radius 2 is 1.96 bits per heavy atom. The predicted octanol–water partition coefficient (Wildman–Crippen LogP) is 3.31. The highest BCUT2D eigenvalue weighted by molar-refractivity contribution is 7.13. The largest absolute Gasteiger partial charge is 0.481 e. The van der Waals surface area contributed by atoms with Gasteiger partial charge in [-0.05, 0) is 5.92 Å². The van der Waals surface area contributed by atoms with Crippen LogP contribution in [0.4, 0.5) is 0 Å². The van der Waals surface area contributed by atoms with Crippen LogP contribution in [0.25, 0.3) is 10.6 Å². The molecule has 6 heteroatoms. The minimum atomic E-state index is -0.892. The fourth-order valence-corrected chi connectivity index (χ4v) is 3.18. The van der Waals surface area contributed by atoms with Crippen LogP contribution >= 0.6 is 11.3 Å². The number of hydrogen-bond donors (Lipinski definition) is 1. The number of aromatic nitrogens is 1. The molecule has 0 aliphatic carbocycles. The van der Waals surface area contributed by atoms with Gasteiger partial charge in [-0.3, -0.25) is 9.59 Å². The summed E-state index contributed by atoms with van der Waals surface area (Å²) in [6, 6.07) is 9.84. The third-order valence-corrected chi connectivity index (χ3v) is 4.38. The normalized spacial score (nSPS) is 10.8. The van der Waals surface area contributed by atoms with E-state index < -0.39 is 5.97 Å². The monoisotopic (exact) mass is 346 g/mol. The molecule has 0 unspecified atom stereocenters. The molecule has 1 aromatic heterocycles. The summed E-state index contributed by atoms with van der Waals surface area (Å²) < 4.78 is 0. The van der Waals surface area contributed by atoms with Crippen molar-refractivity contribution in [3.8, 4) is 10.6 Å². The Morgan fingerprint density at radius 1 is 1.25 bits per heavy atom. The van der Waals surface area contributed by atoms with Crippen LogP contribution in [0.15, 0.2) is 35.7 Å². The molecule has 1 heterocycles. The lowest BCUT2D eigenvalue weighted by molar-refractivity contribution is -0.138. The SMILES string of the molecule is CC(C)CN(CCC(=O)O)C(=O)Cc1csc(-c2ccccc2)n1. The molecule has 0 radical (unpaired) electrons. The van der Waals surface area contributed by atoms with Crippen molar-refractivity contribution in [3.05, 3.63) is 41.4 Å². The molecule has 24 heavy (non-hydrogen) atoms. The quantitative estimate of drug-likeness (QED) is 0.796. The summed E-state index contributed by atoms with van der Waals surface area (Å²) in [5.41, 5.74) is 1.76. The number of benzene rings is 1. The lowest BCUT2D eigenvalue weighted by Crippen LogP contribution is -2.37. The molecular weight excluding hydrogens is 324 g/mol. The fourth-order valence-electron chi connectivity index (χ4n) is 2.36. The Hall–Kier alpha value is -2.21. The van der Waals surface area contributed by atoms with Gasteiger partial charge >= 0.3 is 5.97 Å². The minimum absolute atomic E-state index is 0.0369. The fraction of sp³-hybridized carbons (Fsp3) is 0.389. The second-order valence-corrected chi connectivity index (χ2v) is 6.92. The van der Waals surface area contributed by atoms with Gasteiger partial charge in [-0.25, -0.2) is 4.98 Å². The molecule has 5 nitrogen and oxygen atoms in total. The van der Waals surface area contributed by atoms with E-state index in [0.29, 0.717) is 6.54 Å². The van der Waals surface area contributed by atoms with Gasteiger partial charge in [-0.1, -0.05) is 44.2 Å². The van der Waals surface area contributed by atoms with Gasteiger partial charge in [0, 0.05) is 24.0 Å². The van der Waals surface area contributed by atoms with Gasteiger partial charge in [0.15, 0.2) is 0 Å². The van der Waals surface area contributed by atoms with Gasteiger partial charge in [-0.15, -0.1) is 11.3 Å². The summed E-state index contributed by atoms with van der Waals surface area (Å²) in [5, 5.41) is 11.6. The van der Waals surface area contributed by atoms with E-state index in [2.05, 4.69) is 4.98 Å². The molecule has 1 aromatic carbocycles. The predicted molar refractivity (Wildman–Crippen MR) is 94.9 cm³/mol. The average Bonchev–Trinajstić information content (AvgIpc) is 3.00. The van der Waals surface area contributed by atoms with Crippen molar-refractivity contribution in [1.29, 1.82) is 0 Å². The smallest absolute Gasteiger partial charge is 0.305 e. The Labute approximate surface area is 146 Å². The van der Waals surface area contributed by atoms with Crippen LogP contribution in [-0.2, 0) is 16.0 Å². The zero-order chi connectivity index (χ0) is 17.5. The highest BCUT2D eigenvalue weighted by Gasteiger charge is 2.18. The molecular formula is C18H22N2O3S. The Kier molecular flexibility index (Phi) is 6.49. The van der Waals surface area contributed by atoms with Crippen LogP contribution in [0, 0.1) is 5.92 Å². The van der Waals surface area contributed by atoms with Gasteiger partial charge in [0.05, 0.1) is 18.5 Å². The molecule has 2 aromatic rings. The first-order valence-electron chi connectivity index (χ1n) is 7.95. The van der Waals surface area contributed by atoms with Crippen molar-refractivity contribution in [3.63, 3.8) is 0 Å². The first kappa shape index (κ1) is 18.1. The molecule has 0 bridgehead atoms. The van der Waals surface area contributed by atoms with Gasteiger partial charge in [0.2, 0.25) is 5.91 Å². The van der Waals surface area contributed by atoms with Gasteiger partial charge in [-0.2, -0.15) is 0 Å².